The molecule has 4 rings (SSSR count). The molecule has 0 aromatic carbocycles. The lowest BCUT2D eigenvalue weighted by atomic mass is 9.48. The topological polar surface area (TPSA) is 52.6 Å². The number of esters is 2. The van der Waals surface area contributed by atoms with E-state index in [1.807, 2.05) is 0 Å². The summed E-state index contributed by atoms with van der Waals surface area (Å²) in [5.74, 6) is 1.77. The average molecular weight is 375 g/mol. The summed E-state index contributed by atoms with van der Waals surface area (Å²) in [4.78, 5) is 22.9. The van der Waals surface area contributed by atoms with Gasteiger partial charge in [-0.25, -0.2) is 0 Å². The molecule has 4 heteroatoms. The summed E-state index contributed by atoms with van der Waals surface area (Å²) in [5.41, 5.74) is 1.92. The Labute approximate surface area is 163 Å². The van der Waals surface area contributed by atoms with Crippen molar-refractivity contribution < 1.29 is 19.1 Å². The minimum Gasteiger partial charge on any atom is -0.462 e. The molecule has 0 radical (unpaired) electrons. The molecule has 4 nitrogen and oxygen atoms in total. The van der Waals surface area contributed by atoms with Crippen molar-refractivity contribution >= 4 is 11.9 Å². The van der Waals surface area contributed by atoms with Gasteiger partial charge < -0.3 is 9.47 Å². The third-order valence-corrected chi connectivity index (χ3v) is 8.61. The lowest BCUT2D eigenvalue weighted by molar-refractivity contribution is -0.157. The largest absolute Gasteiger partial charge is 0.462 e. The van der Waals surface area contributed by atoms with Crippen LogP contribution in [0.1, 0.15) is 79.1 Å². The van der Waals surface area contributed by atoms with Crippen molar-refractivity contribution in [3.8, 4) is 0 Å². The van der Waals surface area contributed by atoms with Crippen molar-refractivity contribution in [2.45, 2.75) is 91.3 Å². The molecule has 0 bridgehead atoms. The highest BCUT2D eigenvalue weighted by Crippen LogP contribution is 2.65. The lowest BCUT2D eigenvalue weighted by Crippen LogP contribution is -2.51. The Morgan fingerprint density at radius 1 is 0.963 bits per heavy atom. The zero-order valence-corrected chi connectivity index (χ0v) is 17.3. The fourth-order valence-corrected chi connectivity index (χ4v) is 7.31. The van der Waals surface area contributed by atoms with E-state index in [1.54, 1.807) is 6.92 Å². The minimum atomic E-state index is -0.159. The summed E-state index contributed by atoms with van der Waals surface area (Å²) in [5, 5.41) is 0. The molecule has 0 N–H and O–H groups in total. The lowest BCUT2D eigenvalue weighted by Gasteiger charge is -2.57. The van der Waals surface area contributed by atoms with Gasteiger partial charge in [-0.3, -0.25) is 9.59 Å². The predicted molar refractivity (Wildman–Crippen MR) is 103 cm³/mol. The van der Waals surface area contributed by atoms with Crippen LogP contribution >= 0.6 is 0 Å². The van der Waals surface area contributed by atoms with Crippen LogP contribution in [0.4, 0.5) is 0 Å². The van der Waals surface area contributed by atoms with Crippen LogP contribution in [0.5, 0.6) is 0 Å². The molecule has 0 heterocycles. The van der Waals surface area contributed by atoms with E-state index in [2.05, 4.69) is 19.9 Å². The van der Waals surface area contributed by atoms with Gasteiger partial charge in [0.05, 0.1) is 0 Å². The molecule has 0 aliphatic heterocycles. The molecule has 3 fully saturated rings. The van der Waals surface area contributed by atoms with Gasteiger partial charge in [0.1, 0.15) is 12.2 Å². The first-order valence-corrected chi connectivity index (χ1v) is 10.8. The summed E-state index contributed by atoms with van der Waals surface area (Å²) >= 11 is 0. The molecule has 0 aromatic rings. The highest BCUT2D eigenvalue weighted by molar-refractivity contribution is 5.66. The van der Waals surface area contributed by atoms with Crippen LogP contribution in [0, 0.1) is 28.6 Å². The SMILES string of the molecule is CC(=O)O[C@H]1CC[C@@]2(C)C(=CC[C@H]3[C@@H]4CC[C@H](OC(C)=O)[C@]4(C)CC[C@@H]32)C1. The molecule has 0 spiro atoms. The van der Waals surface area contributed by atoms with Crippen molar-refractivity contribution in [3.63, 3.8) is 0 Å². The van der Waals surface area contributed by atoms with Crippen molar-refractivity contribution in [3.05, 3.63) is 11.6 Å². The van der Waals surface area contributed by atoms with Crippen LogP contribution in [-0.4, -0.2) is 24.1 Å². The summed E-state index contributed by atoms with van der Waals surface area (Å²) in [7, 11) is 0. The molecule has 0 unspecified atom stereocenters. The van der Waals surface area contributed by atoms with E-state index in [4.69, 9.17) is 9.47 Å². The standard InChI is InChI=1S/C23H34O4/c1-14(24)26-17-9-11-22(3)16(13-17)5-6-18-19-7-8-21(27-15(2)25)23(19,4)12-10-20(18)22/h5,17-21H,6-13H2,1-4H3/t17-,18-,19-,20-,21-,22-,23+/m0/s1. The van der Waals surface area contributed by atoms with Gasteiger partial charge in [-0.15, -0.1) is 0 Å². The van der Waals surface area contributed by atoms with E-state index in [1.165, 1.54) is 25.3 Å². The fourth-order valence-electron chi connectivity index (χ4n) is 7.31. The van der Waals surface area contributed by atoms with E-state index < -0.39 is 0 Å². The number of carbonyl (C=O) groups is 2. The van der Waals surface area contributed by atoms with E-state index in [-0.39, 0.29) is 35.0 Å². The Morgan fingerprint density at radius 2 is 1.70 bits per heavy atom. The molecular weight excluding hydrogens is 340 g/mol. The van der Waals surface area contributed by atoms with Gasteiger partial charge in [0.2, 0.25) is 0 Å². The predicted octanol–water partition coefficient (Wildman–Crippen LogP) is 4.81. The first-order chi connectivity index (χ1) is 12.7. The summed E-state index contributed by atoms with van der Waals surface area (Å²) in [6.07, 6.45) is 11.4. The van der Waals surface area contributed by atoms with E-state index in [9.17, 15) is 9.59 Å². The molecule has 3 saturated carbocycles. The number of hydrogen-bond donors (Lipinski definition) is 0. The average Bonchev–Trinajstić information content (AvgIpc) is 2.91. The van der Waals surface area contributed by atoms with Crippen molar-refractivity contribution in [2.75, 3.05) is 0 Å². The second-order valence-electron chi connectivity index (χ2n) is 9.95. The first-order valence-electron chi connectivity index (χ1n) is 10.8. The molecule has 0 amide bonds. The van der Waals surface area contributed by atoms with Gasteiger partial charge in [-0.1, -0.05) is 25.5 Å². The van der Waals surface area contributed by atoms with Crippen LogP contribution in [0.15, 0.2) is 11.6 Å². The van der Waals surface area contributed by atoms with Crippen molar-refractivity contribution in [1.29, 1.82) is 0 Å². The molecule has 7 atom stereocenters. The summed E-state index contributed by atoms with van der Waals surface area (Å²) < 4.78 is 11.3. The third kappa shape index (κ3) is 3.03. The van der Waals surface area contributed by atoms with E-state index >= 15 is 0 Å². The normalized spacial score (nSPS) is 45.8. The number of fused-ring (bicyclic) bond motifs is 5. The van der Waals surface area contributed by atoms with Crippen molar-refractivity contribution in [1.82, 2.24) is 0 Å². The molecular formula is C23H34O4. The molecule has 27 heavy (non-hydrogen) atoms. The van der Waals surface area contributed by atoms with Crippen LogP contribution in [0.25, 0.3) is 0 Å². The van der Waals surface area contributed by atoms with Crippen LogP contribution < -0.4 is 0 Å². The third-order valence-electron chi connectivity index (χ3n) is 8.61. The number of allylic oxidation sites excluding steroid dienone is 1. The van der Waals surface area contributed by atoms with Crippen LogP contribution in [-0.2, 0) is 19.1 Å². The van der Waals surface area contributed by atoms with Crippen LogP contribution in [0.2, 0.25) is 0 Å². The Hall–Kier alpha value is -1.32. The Kier molecular flexibility index (Phi) is 4.67. The van der Waals surface area contributed by atoms with E-state index in [0.717, 1.165) is 38.5 Å². The molecule has 0 aromatic heterocycles. The van der Waals surface area contributed by atoms with Gasteiger partial charge in [-0.2, -0.15) is 0 Å². The zero-order valence-electron chi connectivity index (χ0n) is 17.3. The monoisotopic (exact) mass is 374 g/mol. The second kappa shape index (κ2) is 6.63. The maximum absolute atomic E-state index is 11.6. The van der Waals surface area contributed by atoms with Crippen molar-refractivity contribution in [2.24, 2.45) is 28.6 Å². The Bertz CT molecular complexity index is 667. The molecule has 0 saturated heterocycles. The Morgan fingerprint density at radius 3 is 2.41 bits per heavy atom. The second-order valence-corrected chi connectivity index (χ2v) is 9.95. The Balaban J connectivity index is 1.55. The van der Waals surface area contributed by atoms with Gasteiger partial charge in [0.15, 0.2) is 0 Å². The first kappa shape index (κ1) is 19.0. The fraction of sp³-hybridized carbons (Fsp3) is 0.826. The molecule has 4 aliphatic carbocycles. The van der Waals surface area contributed by atoms with Gasteiger partial charge in [0, 0.05) is 25.7 Å². The maximum Gasteiger partial charge on any atom is 0.302 e. The van der Waals surface area contributed by atoms with E-state index in [0.29, 0.717) is 17.8 Å². The summed E-state index contributed by atoms with van der Waals surface area (Å²) in [6, 6.07) is 0. The number of hydrogen-bond acceptors (Lipinski definition) is 4. The highest BCUT2D eigenvalue weighted by Gasteiger charge is 2.59. The van der Waals surface area contributed by atoms with Gasteiger partial charge in [-0.05, 0) is 68.1 Å². The molecule has 4 aliphatic rings. The maximum atomic E-state index is 11.6. The van der Waals surface area contributed by atoms with Gasteiger partial charge >= 0.3 is 11.9 Å². The number of rotatable bonds is 2. The highest BCUT2D eigenvalue weighted by atomic mass is 16.5. The zero-order chi connectivity index (χ0) is 19.4. The number of carbonyl (C=O) groups excluding carboxylic acids is 2. The minimum absolute atomic E-state index is 0.0621. The number of ether oxygens (including phenoxy) is 2. The summed E-state index contributed by atoms with van der Waals surface area (Å²) in [6.45, 7) is 7.88. The molecule has 150 valence electrons. The quantitative estimate of drug-likeness (QED) is 0.514. The van der Waals surface area contributed by atoms with Gasteiger partial charge in [0.25, 0.3) is 0 Å². The van der Waals surface area contributed by atoms with Crippen LogP contribution in [0.3, 0.4) is 0 Å². The smallest absolute Gasteiger partial charge is 0.302 e.